The van der Waals surface area contributed by atoms with Gasteiger partial charge in [-0.3, -0.25) is 9.59 Å². The van der Waals surface area contributed by atoms with Crippen molar-refractivity contribution in [3.8, 4) is 0 Å². The maximum atomic E-state index is 11.4. The number of rotatable bonds is 5. The summed E-state index contributed by atoms with van der Waals surface area (Å²) in [6, 6.07) is 0. The number of nitrogens with one attached hydrogen (secondary N) is 3. The summed E-state index contributed by atoms with van der Waals surface area (Å²) >= 11 is 0. The van der Waals surface area contributed by atoms with Gasteiger partial charge in [0.15, 0.2) is 0 Å². The molecule has 0 aliphatic carbocycles. The summed E-state index contributed by atoms with van der Waals surface area (Å²) < 4.78 is 4.77. The van der Waals surface area contributed by atoms with E-state index in [0.717, 1.165) is 25.9 Å². The zero-order chi connectivity index (χ0) is 12.5. The van der Waals surface area contributed by atoms with Gasteiger partial charge in [0.1, 0.15) is 0 Å². The third-order valence-corrected chi connectivity index (χ3v) is 2.81. The molecule has 1 rings (SSSR count). The number of hydrogen-bond donors (Lipinski definition) is 3. The minimum atomic E-state index is -0.587. The Hall–Kier alpha value is -1.14. The van der Waals surface area contributed by atoms with Crippen LogP contribution < -0.4 is 16.0 Å². The number of carbonyl (C=O) groups is 2. The van der Waals surface area contributed by atoms with Crippen LogP contribution in [0.5, 0.6) is 0 Å². The molecule has 3 N–H and O–H groups in total. The van der Waals surface area contributed by atoms with Crippen LogP contribution >= 0.6 is 0 Å². The first-order valence-electron chi connectivity index (χ1n) is 5.99. The normalized spacial score (nSPS) is 16.5. The molecule has 6 heteroatoms. The molecule has 0 saturated carbocycles. The van der Waals surface area contributed by atoms with Crippen LogP contribution in [0.2, 0.25) is 0 Å². The summed E-state index contributed by atoms with van der Waals surface area (Å²) in [6.45, 7) is 3.32. The Balaban J connectivity index is 2.12. The van der Waals surface area contributed by atoms with Gasteiger partial charge in [-0.15, -0.1) is 0 Å². The number of piperidine rings is 1. The van der Waals surface area contributed by atoms with Crippen LogP contribution in [0.1, 0.15) is 12.8 Å². The highest BCUT2D eigenvalue weighted by Crippen LogP contribution is 2.09. The zero-order valence-electron chi connectivity index (χ0n) is 10.3. The summed E-state index contributed by atoms with van der Waals surface area (Å²) in [4.78, 5) is 22.7. The molecule has 1 aliphatic rings. The van der Waals surface area contributed by atoms with Gasteiger partial charge in [-0.2, -0.15) is 0 Å². The number of hydrogen-bond acceptors (Lipinski definition) is 4. The van der Waals surface area contributed by atoms with E-state index in [2.05, 4.69) is 16.0 Å². The summed E-state index contributed by atoms with van der Waals surface area (Å²) in [5.74, 6) is -0.664. The lowest BCUT2D eigenvalue weighted by Crippen LogP contribution is -2.43. The highest BCUT2D eigenvalue weighted by atomic mass is 16.5. The van der Waals surface area contributed by atoms with E-state index in [9.17, 15) is 9.59 Å². The number of methoxy groups -OCH3 is 1. The molecule has 17 heavy (non-hydrogen) atoms. The van der Waals surface area contributed by atoms with E-state index in [1.165, 1.54) is 0 Å². The predicted octanol–water partition coefficient (Wildman–Crippen LogP) is -1.14. The van der Waals surface area contributed by atoms with E-state index in [1.54, 1.807) is 7.11 Å². The van der Waals surface area contributed by atoms with Gasteiger partial charge in [-0.05, 0) is 31.8 Å². The van der Waals surface area contributed by atoms with E-state index in [1.807, 2.05) is 0 Å². The number of amides is 2. The molecule has 0 atom stereocenters. The molecule has 0 aromatic rings. The predicted molar refractivity (Wildman–Crippen MR) is 63.5 cm³/mol. The maximum absolute atomic E-state index is 11.4. The van der Waals surface area contributed by atoms with Crippen LogP contribution in [0.4, 0.5) is 0 Å². The molecule has 98 valence electrons. The van der Waals surface area contributed by atoms with Crippen LogP contribution in [0.25, 0.3) is 0 Å². The molecule has 1 heterocycles. The highest BCUT2D eigenvalue weighted by molar-refractivity contribution is 6.35. The lowest BCUT2D eigenvalue weighted by Gasteiger charge is -2.22. The molecule has 0 aromatic carbocycles. The van der Waals surface area contributed by atoms with Crippen molar-refractivity contribution in [1.82, 2.24) is 16.0 Å². The van der Waals surface area contributed by atoms with Crippen LogP contribution in [0.15, 0.2) is 0 Å². The average Bonchev–Trinajstić information content (AvgIpc) is 2.37. The largest absolute Gasteiger partial charge is 0.383 e. The van der Waals surface area contributed by atoms with Crippen molar-refractivity contribution < 1.29 is 14.3 Å². The lowest BCUT2D eigenvalue weighted by atomic mass is 9.98. The zero-order valence-corrected chi connectivity index (χ0v) is 10.3. The van der Waals surface area contributed by atoms with Gasteiger partial charge in [-0.25, -0.2) is 0 Å². The van der Waals surface area contributed by atoms with E-state index in [4.69, 9.17) is 4.74 Å². The Labute approximate surface area is 101 Å². The van der Waals surface area contributed by atoms with Crippen molar-refractivity contribution in [2.45, 2.75) is 12.8 Å². The second kappa shape index (κ2) is 8.03. The lowest BCUT2D eigenvalue weighted by molar-refractivity contribution is -0.139. The van der Waals surface area contributed by atoms with Crippen molar-refractivity contribution in [2.75, 3.05) is 39.9 Å². The minimum Gasteiger partial charge on any atom is -0.383 e. The maximum Gasteiger partial charge on any atom is 0.309 e. The topological polar surface area (TPSA) is 79.5 Å². The van der Waals surface area contributed by atoms with Gasteiger partial charge in [0, 0.05) is 20.2 Å². The van der Waals surface area contributed by atoms with Gasteiger partial charge in [-0.1, -0.05) is 0 Å². The van der Waals surface area contributed by atoms with Gasteiger partial charge in [0.2, 0.25) is 0 Å². The molecule has 0 radical (unpaired) electrons. The molecule has 0 unspecified atom stereocenters. The fourth-order valence-corrected chi connectivity index (χ4v) is 1.75. The molecule has 1 aliphatic heterocycles. The second-order valence-corrected chi connectivity index (χ2v) is 4.15. The summed E-state index contributed by atoms with van der Waals surface area (Å²) in [5, 5.41) is 8.40. The average molecular weight is 243 g/mol. The summed E-state index contributed by atoms with van der Waals surface area (Å²) in [5.41, 5.74) is 0. The smallest absolute Gasteiger partial charge is 0.309 e. The highest BCUT2D eigenvalue weighted by Gasteiger charge is 2.17. The first-order chi connectivity index (χ1) is 8.24. The van der Waals surface area contributed by atoms with Crippen LogP contribution in [-0.2, 0) is 14.3 Å². The van der Waals surface area contributed by atoms with Crippen molar-refractivity contribution in [3.05, 3.63) is 0 Å². The Kier molecular flexibility index (Phi) is 6.57. The molecule has 1 fully saturated rings. The van der Waals surface area contributed by atoms with E-state index >= 15 is 0 Å². The summed E-state index contributed by atoms with van der Waals surface area (Å²) in [7, 11) is 1.54. The Morgan fingerprint density at radius 1 is 1.24 bits per heavy atom. The van der Waals surface area contributed by atoms with E-state index < -0.39 is 11.8 Å². The SMILES string of the molecule is COCCNC(=O)C(=O)NCC1CCNCC1. The minimum absolute atomic E-state index is 0.357. The van der Waals surface area contributed by atoms with E-state index in [-0.39, 0.29) is 0 Å². The molecular formula is C11H21N3O3. The Bertz CT molecular complexity index is 252. The molecule has 6 nitrogen and oxygen atoms in total. The van der Waals surface area contributed by atoms with Crippen molar-refractivity contribution in [1.29, 1.82) is 0 Å². The van der Waals surface area contributed by atoms with Crippen molar-refractivity contribution in [3.63, 3.8) is 0 Å². The molecule has 0 aromatic heterocycles. The third kappa shape index (κ3) is 5.65. The second-order valence-electron chi connectivity index (χ2n) is 4.15. The van der Waals surface area contributed by atoms with Gasteiger partial charge < -0.3 is 20.7 Å². The van der Waals surface area contributed by atoms with Gasteiger partial charge in [0.25, 0.3) is 0 Å². The molecule has 1 saturated heterocycles. The van der Waals surface area contributed by atoms with Gasteiger partial charge in [0.05, 0.1) is 6.61 Å². The molecular weight excluding hydrogens is 222 g/mol. The first-order valence-corrected chi connectivity index (χ1v) is 5.99. The molecule has 2 amide bonds. The first kappa shape index (κ1) is 13.9. The molecule has 0 bridgehead atoms. The monoisotopic (exact) mass is 243 g/mol. The van der Waals surface area contributed by atoms with Crippen molar-refractivity contribution >= 4 is 11.8 Å². The third-order valence-electron chi connectivity index (χ3n) is 2.81. The quantitative estimate of drug-likeness (QED) is 0.421. The summed E-state index contributed by atoms with van der Waals surface area (Å²) in [6.07, 6.45) is 2.09. The standard InChI is InChI=1S/C11H21N3O3/c1-17-7-6-13-10(15)11(16)14-8-9-2-4-12-5-3-9/h9,12H,2-8H2,1H3,(H,13,15)(H,14,16). The van der Waals surface area contributed by atoms with Crippen molar-refractivity contribution in [2.24, 2.45) is 5.92 Å². The number of carbonyl (C=O) groups excluding carboxylic acids is 2. The Morgan fingerprint density at radius 3 is 2.53 bits per heavy atom. The van der Waals surface area contributed by atoms with Crippen LogP contribution in [0, 0.1) is 5.92 Å². The van der Waals surface area contributed by atoms with Crippen LogP contribution in [-0.4, -0.2) is 51.7 Å². The van der Waals surface area contributed by atoms with Gasteiger partial charge >= 0.3 is 11.8 Å². The number of ether oxygens (including phenoxy) is 1. The molecule has 0 spiro atoms. The fourth-order valence-electron chi connectivity index (χ4n) is 1.75. The Morgan fingerprint density at radius 2 is 1.88 bits per heavy atom. The van der Waals surface area contributed by atoms with Crippen LogP contribution in [0.3, 0.4) is 0 Å². The fraction of sp³-hybridized carbons (Fsp3) is 0.818. The van der Waals surface area contributed by atoms with E-state index in [0.29, 0.717) is 25.6 Å².